The number of thiazole rings is 1. The van der Waals surface area contributed by atoms with Crippen molar-refractivity contribution in [2.24, 2.45) is 0 Å². The van der Waals surface area contributed by atoms with Gasteiger partial charge in [0.15, 0.2) is 5.82 Å². The molecule has 4 aromatic rings. The van der Waals surface area contributed by atoms with Crippen LogP contribution in [0.4, 0.5) is 5.82 Å². The van der Waals surface area contributed by atoms with Crippen LogP contribution in [-0.2, 0) is 24.8 Å². The van der Waals surface area contributed by atoms with Gasteiger partial charge in [-0.05, 0) is 31.2 Å². The molecule has 0 N–H and O–H groups in total. The van der Waals surface area contributed by atoms with Crippen molar-refractivity contribution in [3.63, 3.8) is 0 Å². The number of aryl methyl sites for hydroxylation is 1. The number of aromatic nitrogens is 4. The lowest BCUT2D eigenvalue weighted by Gasteiger charge is -2.35. The molecule has 0 unspecified atom stereocenters. The molecule has 36 heavy (non-hydrogen) atoms. The molecule has 0 spiro atoms. The van der Waals surface area contributed by atoms with Crippen molar-refractivity contribution in [2.45, 2.75) is 58.4 Å². The fraction of sp³-hybridized carbons (Fsp3) is 0.483. The summed E-state index contributed by atoms with van der Waals surface area (Å²) in [4.78, 5) is 19.9. The highest BCUT2D eigenvalue weighted by Gasteiger charge is 2.29. The normalized spacial score (nSPS) is 17.0. The number of piperazine rings is 1. The largest absolute Gasteiger partial charge is 0.352 e. The van der Waals surface area contributed by atoms with E-state index in [9.17, 15) is 0 Å². The van der Waals surface area contributed by atoms with Gasteiger partial charge in [0.25, 0.3) is 0 Å². The third-order valence-corrected chi connectivity index (χ3v) is 8.55. The van der Waals surface area contributed by atoms with Crippen LogP contribution in [0.2, 0.25) is 0 Å². The minimum atomic E-state index is 0.0463. The molecular formula is C29H36N6S. The standard InChI is InChI=1S/C29H36N6S/c1-29(2,3)23-19-36-28(32-23)24-22-11-7-8-13-35(22)26-25(24)30-20-31-27(26)34-17-15-33(16-18-34)14-12-21-9-5-4-6-10-21/h4-6,9-10,19-20H,7-8,11-18H2,1-3H3. The molecule has 0 atom stereocenters. The zero-order valence-electron chi connectivity index (χ0n) is 21.7. The lowest BCUT2D eigenvalue weighted by atomic mass is 9.93. The number of anilines is 1. The second kappa shape index (κ2) is 9.60. The van der Waals surface area contributed by atoms with Crippen molar-refractivity contribution in [2.75, 3.05) is 37.6 Å². The molecule has 0 amide bonds. The predicted molar refractivity (Wildman–Crippen MR) is 149 cm³/mol. The van der Waals surface area contributed by atoms with Gasteiger partial charge in [-0.15, -0.1) is 11.3 Å². The van der Waals surface area contributed by atoms with Crippen LogP contribution in [-0.4, -0.2) is 57.1 Å². The van der Waals surface area contributed by atoms with E-state index in [0.29, 0.717) is 0 Å². The monoisotopic (exact) mass is 500 g/mol. The molecule has 0 bridgehead atoms. The molecule has 1 fully saturated rings. The first kappa shape index (κ1) is 23.6. The number of rotatable bonds is 5. The van der Waals surface area contributed by atoms with Crippen molar-refractivity contribution in [1.29, 1.82) is 0 Å². The van der Waals surface area contributed by atoms with Crippen molar-refractivity contribution in [3.05, 3.63) is 59.0 Å². The predicted octanol–water partition coefficient (Wildman–Crippen LogP) is 5.55. The van der Waals surface area contributed by atoms with Gasteiger partial charge < -0.3 is 9.47 Å². The van der Waals surface area contributed by atoms with Gasteiger partial charge in [0, 0.05) is 55.8 Å². The van der Waals surface area contributed by atoms with Crippen LogP contribution in [0, 0.1) is 0 Å². The van der Waals surface area contributed by atoms with Crippen molar-refractivity contribution in [3.8, 4) is 10.6 Å². The summed E-state index contributed by atoms with van der Waals surface area (Å²) in [6, 6.07) is 10.8. The molecule has 6 rings (SSSR count). The first-order chi connectivity index (χ1) is 17.5. The summed E-state index contributed by atoms with van der Waals surface area (Å²) in [5, 5.41) is 3.33. The average Bonchev–Trinajstić information content (AvgIpc) is 3.51. The highest BCUT2D eigenvalue weighted by molar-refractivity contribution is 7.13. The van der Waals surface area contributed by atoms with E-state index in [-0.39, 0.29) is 5.41 Å². The maximum Gasteiger partial charge on any atom is 0.156 e. The molecule has 3 aromatic heterocycles. The molecule has 5 heterocycles. The summed E-state index contributed by atoms with van der Waals surface area (Å²) in [6.45, 7) is 13.0. The van der Waals surface area contributed by atoms with Gasteiger partial charge in [-0.3, -0.25) is 4.90 Å². The summed E-state index contributed by atoms with van der Waals surface area (Å²) < 4.78 is 2.52. The lowest BCUT2D eigenvalue weighted by Crippen LogP contribution is -2.47. The lowest BCUT2D eigenvalue weighted by molar-refractivity contribution is 0.260. The summed E-state index contributed by atoms with van der Waals surface area (Å²) in [5.74, 6) is 1.10. The van der Waals surface area contributed by atoms with E-state index in [1.807, 2.05) is 0 Å². The molecule has 2 aliphatic rings. The Morgan fingerprint density at radius 2 is 1.75 bits per heavy atom. The average molecular weight is 501 g/mol. The van der Waals surface area contributed by atoms with E-state index in [2.05, 4.69) is 70.9 Å². The van der Waals surface area contributed by atoms with Gasteiger partial charge in [-0.1, -0.05) is 51.1 Å². The first-order valence-corrected chi connectivity index (χ1v) is 14.2. The molecule has 6 nitrogen and oxygen atoms in total. The van der Waals surface area contributed by atoms with E-state index in [0.717, 1.165) is 74.1 Å². The number of nitrogens with zero attached hydrogens (tertiary/aromatic N) is 6. The first-order valence-electron chi connectivity index (χ1n) is 13.3. The maximum absolute atomic E-state index is 5.10. The Bertz CT molecular complexity index is 1340. The topological polar surface area (TPSA) is 50.1 Å². The molecule has 2 aliphatic heterocycles. The third-order valence-electron chi connectivity index (χ3n) is 7.69. The maximum atomic E-state index is 5.10. The van der Waals surface area contributed by atoms with Gasteiger partial charge in [-0.25, -0.2) is 15.0 Å². The van der Waals surface area contributed by atoms with Crippen molar-refractivity contribution >= 4 is 28.2 Å². The molecule has 1 saturated heterocycles. The van der Waals surface area contributed by atoms with Gasteiger partial charge in [-0.2, -0.15) is 0 Å². The zero-order chi connectivity index (χ0) is 24.7. The van der Waals surface area contributed by atoms with E-state index in [1.54, 1.807) is 17.7 Å². The molecule has 7 heteroatoms. The molecule has 0 radical (unpaired) electrons. The molecule has 1 aromatic carbocycles. The minimum absolute atomic E-state index is 0.0463. The number of hydrogen-bond acceptors (Lipinski definition) is 6. The summed E-state index contributed by atoms with van der Waals surface area (Å²) in [5.41, 5.74) is 7.56. The quantitative estimate of drug-likeness (QED) is 0.359. The minimum Gasteiger partial charge on any atom is -0.352 e. The molecule has 0 aliphatic carbocycles. The van der Waals surface area contributed by atoms with Gasteiger partial charge in [0.1, 0.15) is 22.4 Å². The highest BCUT2D eigenvalue weighted by Crippen LogP contribution is 2.42. The Morgan fingerprint density at radius 1 is 0.944 bits per heavy atom. The SMILES string of the molecule is CC(C)(C)c1csc(-c2c3n(c4c(N5CCN(CCc6ccccc6)CC5)ncnc24)CCCC3)n1. The summed E-state index contributed by atoms with van der Waals surface area (Å²) in [6.07, 6.45) is 6.40. The molecule has 0 saturated carbocycles. The van der Waals surface area contributed by atoms with Crippen LogP contribution in [0.1, 0.15) is 50.6 Å². The highest BCUT2D eigenvalue weighted by atomic mass is 32.1. The Kier molecular flexibility index (Phi) is 6.30. The van der Waals surface area contributed by atoms with Crippen LogP contribution in [0.25, 0.3) is 21.6 Å². The second-order valence-corrected chi connectivity index (χ2v) is 12.0. The van der Waals surface area contributed by atoms with E-state index >= 15 is 0 Å². The molecular weight excluding hydrogens is 464 g/mol. The summed E-state index contributed by atoms with van der Waals surface area (Å²) in [7, 11) is 0. The number of hydrogen-bond donors (Lipinski definition) is 0. The van der Waals surface area contributed by atoms with Crippen LogP contribution < -0.4 is 4.90 Å². The van der Waals surface area contributed by atoms with Gasteiger partial charge in [0.2, 0.25) is 0 Å². The van der Waals surface area contributed by atoms with Gasteiger partial charge >= 0.3 is 0 Å². The van der Waals surface area contributed by atoms with Gasteiger partial charge in [0.05, 0.1) is 11.3 Å². The van der Waals surface area contributed by atoms with E-state index in [1.165, 1.54) is 35.2 Å². The van der Waals surface area contributed by atoms with Crippen molar-refractivity contribution in [1.82, 2.24) is 24.4 Å². The van der Waals surface area contributed by atoms with E-state index < -0.39 is 0 Å². The van der Waals surface area contributed by atoms with E-state index in [4.69, 9.17) is 15.0 Å². The molecule has 188 valence electrons. The Morgan fingerprint density at radius 3 is 2.50 bits per heavy atom. The number of benzene rings is 1. The fourth-order valence-electron chi connectivity index (χ4n) is 5.58. The van der Waals surface area contributed by atoms with Crippen molar-refractivity contribution < 1.29 is 0 Å². The fourth-order valence-corrected chi connectivity index (χ4v) is 6.69. The zero-order valence-corrected chi connectivity index (χ0v) is 22.5. The Hall–Kier alpha value is -2.77. The Labute approximate surface area is 218 Å². The van der Waals surface area contributed by atoms with Crippen LogP contribution >= 0.6 is 11.3 Å². The van der Waals surface area contributed by atoms with Crippen LogP contribution in [0.5, 0.6) is 0 Å². The van der Waals surface area contributed by atoms with Crippen LogP contribution in [0.3, 0.4) is 0 Å². The smallest absolute Gasteiger partial charge is 0.156 e. The second-order valence-electron chi connectivity index (χ2n) is 11.2. The third kappa shape index (κ3) is 4.43. The summed E-state index contributed by atoms with van der Waals surface area (Å²) >= 11 is 1.76. The Balaban J connectivity index is 1.29. The number of fused-ring (bicyclic) bond motifs is 3. The van der Waals surface area contributed by atoms with Crippen LogP contribution in [0.15, 0.2) is 42.0 Å².